The van der Waals surface area contributed by atoms with Gasteiger partial charge in [-0.1, -0.05) is 41.9 Å². The quantitative estimate of drug-likeness (QED) is 0.425. The standard InChI is InChI=1S/C20H14ClF3N4O/c21-16-11-10-14(12-15(16)20(22,23)24)25-19(29)26-17-8-4-5-9-18(17)28-27-13-6-2-1-3-7-13/h1-12H,(H2,25,26,29). The van der Waals surface area contributed by atoms with Crippen molar-refractivity contribution < 1.29 is 18.0 Å². The molecule has 0 heterocycles. The molecular weight excluding hydrogens is 405 g/mol. The average molecular weight is 419 g/mol. The summed E-state index contributed by atoms with van der Waals surface area (Å²) < 4.78 is 38.9. The van der Waals surface area contributed by atoms with Gasteiger partial charge in [0.05, 0.1) is 22.0 Å². The first kappa shape index (κ1) is 20.3. The van der Waals surface area contributed by atoms with E-state index in [4.69, 9.17) is 11.6 Å². The molecule has 3 rings (SSSR count). The third kappa shape index (κ3) is 5.55. The number of nitrogens with one attached hydrogen (secondary N) is 2. The molecule has 0 atom stereocenters. The smallest absolute Gasteiger partial charge is 0.308 e. The predicted octanol–water partition coefficient (Wildman–Crippen LogP) is 7.42. The van der Waals surface area contributed by atoms with E-state index in [0.717, 1.165) is 12.1 Å². The highest BCUT2D eigenvalue weighted by molar-refractivity contribution is 6.31. The number of halogens is 4. The van der Waals surface area contributed by atoms with Crippen molar-refractivity contribution in [1.82, 2.24) is 0 Å². The molecular formula is C20H14ClF3N4O. The number of carbonyl (C=O) groups is 1. The van der Waals surface area contributed by atoms with Crippen LogP contribution >= 0.6 is 11.6 Å². The van der Waals surface area contributed by atoms with Crippen molar-refractivity contribution in [3.8, 4) is 0 Å². The molecule has 0 radical (unpaired) electrons. The summed E-state index contributed by atoms with van der Waals surface area (Å²) in [6.45, 7) is 0. The van der Waals surface area contributed by atoms with Gasteiger partial charge >= 0.3 is 12.2 Å². The van der Waals surface area contributed by atoms with E-state index in [1.807, 2.05) is 18.2 Å². The number of urea groups is 1. The van der Waals surface area contributed by atoms with Crippen molar-refractivity contribution >= 4 is 40.4 Å². The Balaban J connectivity index is 1.74. The van der Waals surface area contributed by atoms with Crippen molar-refractivity contribution in [2.24, 2.45) is 10.2 Å². The fraction of sp³-hybridized carbons (Fsp3) is 0.0500. The van der Waals surface area contributed by atoms with E-state index in [9.17, 15) is 18.0 Å². The van der Waals surface area contributed by atoms with Crippen molar-refractivity contribution in [3.63, 3.8) is 0 Å². The van der Waals surface area contributed by atoms with Gasteiger partial charge < -0.3 is 10.6 Å². The number of rotatable bonds is 4. The number of para-hydroxylation sites is 1. The zero-order valence-corrected chi connectivity index (χ0v) is 15.5. The zero-order valence-electron chi connectivity index (χ0n) is 14.7. The van der Waals surface area contributed by atoms with Crippen LogP contribution in [0.25, 0.3) is 0 Å². The van der Waals surface area contributed by atoms with Crippen LogP contribution in [0.2, 0.25) is 5.02 Å². The molecule has 0 aliphatic heterocycles. The van der Waals surface area contributed by atoms with E-state index in [2.05, 4.69) is 20.9 Å². The monoisotopic (exact) mass is 418 g/mol. The third-order valence-electron chi connectivity index (χ3n) is 3.71. The number of amides is 2. The van der Waals surface area contributed by atoms with E-state index in [1.54, 1.807) is 36.4 Å². The van der Waals surface area contributed by atoms with Gasteiger partial charge in [0, 0.05) is 5.69 Å². The normalized spacial score (nSPS) is 11.4. The van der Waals surface area contributed by atoms with Crippen LogP contribution in [0, 0.1) is 0 Å². The molecule has 0 saturated carbocycles. The van der Waals surface area contributed by atoms with Gasteiger partial charge in [-0.05, 0) is 42.5 Å². The van der Waals surface area contributed by atoms with Gasteiger partial charge in [-0.25, -0.2) is 4.79 Å². The maximum absolute atomic E-state index is 13.0. The second-order valence-corrected chi connectivity index (χ2v) is 6.23. The van der Waals surface area contributed by atoms with Crippen LogP contribution in [-0.2, 0) is 6.18 Å². The van der Waals surface area contributed by atoms with E-state index >= 15 is 0 Å². The Morgan fingerprint density at radius 1 is 0.862 bits per heavy atom. The average Bonchev–Trinajstić information content (AvgIpc) is 2.69. The van der Waals surface area contributed by atoms with Crippen LogP contribution < -0.4 is 10.6 Å². The Hall–Kier alpha value is -3.39. The molecule has 2 amide bonds. The van der Waals surface area contributed by atoms with Gasteiger partial charge in [0.25, 0.3) is 0 Å². The van der Waals surface area contributed by atoms with Crippen LogP contribution in [0.4, 0.5) is 40.7 Å². The van der Waals surface area contributed by atoms with Crippen molar-refractivity contribution in [2.75, 3.05) is 10.6 Å². The zero-order chi connectivity index (χ0) is 20.9. The van der Waals surface area contributed by atoms with Crippen LogP contribution in [0.5, 0.6) is 0 Å². The fourth-order valence-electron chi connectivity index (χ4n) is 2.38. The number of azo groups is 1. The minimum Gasteiger partial charge on any atom is -0.308 e. The highest BCUT2D eigenvalue weighted by atomic mass is 35.5. The maximum Gasteiger partial charge on any atom is 0.417 e. The summed E-state index contributed by atoms with van der Waals surface area (Å²) in [6, 6.07) is 18.0. The van der Waals surface area contributed by atoms with E-state index in [-0.39, 0.29) is 5.69 Å². The molecule has 0 bridgehead atoms. The van der Waals surface area contributed by atoms with Gasteiger partial charge in [-0.15, -0.1) is 5.11 Å². The molecule has 0 aromatic heterocycles. The number of alkyl halides is 3. The number of hydrogen-bond acceptors (Lipinski definition) is 3. The predicted molar refractivity (Wildman–Crippen MR) is 106 cm³/mol. The van der Waals surface area contributed by atoms with E-state index in [1.165, 1.54) is 6.07 Å². The molecule has 3 aromatic carbocycles. The Morgan fingerprint density at radius 3 is 2.28 bits per heavy atom. The molecule has 0 unspecified atom stereocenters. The summed E-state index contributed by atoms with van der Waals surface area (Å²) >= 11 is 5.58. The van der Waals surface area contributed by atoms with Crippen molar-refractivity contribution in [2.45, 2.75) is 6.18 Å². The number of benzene rings is 3. The lowest BCUT2D eigenvalue weighted by atomic mass is 10.2. The van der Waals surface area contributed by atoms with Gasteiger partial charge in [-0.2, -0.15) is 18.3 Å². The van der Waals surface area contributed by atoms with Crippen molar-refractivity contribution in [1.29, 1.82) is 0 Å². The minimum absolute atomic E-state index is 0.0531. The Kier molecular flexibility index (Phi) is 6.13. The van der Waals surface area contributed by atoms with Crippen LogP contribution in [0.3, 0.4) is 0 Å². The second kappa shape index (κ2) is 8.74. The molecule has 5 nitrogen and oxygen atoms in total. The molecule has 0 aliphatic carbocycles. The van der Waals surface area contributed by atoms with Crippen LogP contribution in [0.15, 0.2) is 83.0 Å². The molecule has 0 spiro atoms. The maximum atomic E-state index is 13.0. The fourth-order valence-corrected chi connectivity index (χ4v) is 2.60. The molecule has 0 aliphatic rings. The lowest BCUT2D eigenvalue weighted by Gasteiger charge is -2.13. The minimum atomic E-state index is -4.63. The molecule has 0 saturated heterocycles. The van der Waals surface area contributed by atoms with E-state index < -0.39 is 22.8 Å². The topological polar surface area (TPSA) is 65.8 Å². The third-order valence-corrected chi connectivity index (χ3v) is 4.04. The highest BCUT2D eigenvalue weighted by Crippen LogP contribution is 2.36. The first-order valence-electron chi connectivity index (χ1n) is 8.33. The van der Waals surface area contributed by atoms with Crippen LogP contribution in [-0.4, -0.2) is 6.03 Å². The lowest BCUT2D eigenvalue weighted by molar-refractivity contribution is -0.137. The number of carbonyl (C=O) groups excluding carboxylic acids is 1. The van der Waals surface area contributed by atoms with E-state index in [0.29, 0.717) is 17.1 Å². The molecule has 148 valence electrons. The Morgan fingerprint density at radius 2 is 1.55 bits per heavy atom. The Bertz CT molecular complexity index is 1040. The largest absolute Gasteiger partial charge is 0.417 e. The summed E-state index contributed by atoms with van der Waals surface area (Å²) in [5.41, 5.74) is 0.275. The summed E-state index contributed by atoms with van der Waals surface area (Å²) in [6.07, 6.45) is -4.63. The summed E-state index contributed by atoms with van der Waals surface area (Å²) in [4.78, 5) is 12.2. The molecule has 9 heteroatoms. The van der Waals surface area contributed by atoms with Crippen LogP contribution in [0.1, 0.15) is 5.56 Å². The Labute approximate surface area is 169 Å². The molecule has 2 N–H and O–H groups in total. The summed E-state index contributed by atoms with van der Waals surface area (Å²) in [7, 11) is 0. The number of anilines is 2. The summed E-state index contributed by atoms with van der Waals surface area (Å²) in [5, 5.41) is 12.7. The summed E-state index contributed by atoms with van der Waals surface area (Å²) in [5.74, 6) is 0. The highest BCUT2D eigenvalue weighted by Gasteiger charge is 2.33. The van der Waals surface area contributed by atoms with Gasteiger partial charge in [0.15, 0.2) is 0 Å². The van der Waals surface area contributed by atoms with Gasteiger partial charge in [0.1, 0.15) is 5.69 Å². The number of nitrogens with zero attached hydrogens (tertiary/aromatic N) is 2. The molecule has 29 heavy (non-hydrogen) atoms. The van der Waals surface area contributed by atoms with Gasteiger partial charge in [0.2, 0.25) is 0 Å². The molecule has 3 aromatic rings. The SMILES string of the molecule is O=C(Nc1ccc(Cl)c(C(F)(F)F)c1)Nc1ccccc1N=Nc1ccccc1. The first-order valence-corrected chi connectivity index (χ1v) is 8.71. The van der Waals surface area contributed by atoms with Crippen molar-refractivity contribution in [3.05, 3.63) is 83.4 Å². The lowest BCUT2D eigenvalue weighted by Crippen LogP contribution is -2.20. The number of hydrogen-bond donors (Lipinski definition) is 2. The van der Waals surface area contributed by atoms with Gasteiger partial charge in [-0.3, -0.25) is 0 Å². The molecule has 0 fully saturated rings. The first-order chi connectivity index (χ1) is 13.8. The second-order valence-electron chi connectivity index (χ2n) is 5.82.